The lowest BCUT2D eigenvalue weighted by molar-refractivity contribution is 0.571. The molecule has 0 spiro atoms. The van der Waals surface area contributed by atoms with E-state index < -0.39 is 0 Å². The third-order valence-electron chi connectivity index (χ3n) is 2.14. The summed E-state index contributed by atoms with van der Waals surface area (Å²) in [6, 6.07) is 3.38. The van der Waals surface area contributed by atoms with Crippen molar-refractivity contribution >= 4 is 0 Å². The molecule has 15 heavy (non-hydrogen) atoms. The van der Waals surface area contributed by atoms with Crippen molar-refractivity contribution in [2.24, 2.45) is 0 Å². The summed E-state index contributed by atoms with van der Waals surface area (Å²) in [4.78, 5) is 3.84. The fraction of sp³-hybridized carbons (Fsp3) is 0.417. The molecule has 0 aliphatic rings. The number of nitrogens with zero attached hydrogens (tertiary/aromatic N) is 1. The molecule has 3 heteroatoms. The summed E-state index contributed by atoms with van der Waals surface area (Å²) in [6.07, 6.45) is 4.57. The lowest BCUT2D eigenvalue weighted by Gasteiger charge is -2.03. The van der Waals surface area contributed by atoms with Crippen molar-refractivity contribution in [1.29, 1.82) is 0 Å². The average Bonchev–Trinajstić information content (AvgIpc) is 2.16. The van der Waals surface area contributed by atoms with Crippen molar-refractivity contribution < 1.29 is 4.39 Å². The number of aryl methyl sites for hydroxylation is 2. The highest BCUT2D eigenvalue weighted by Gasteiger charge is 1.99. The molecular formula is C12H17FN2. The second-order valence-electron chi connectivity index (χ2n) is 3.57. The Morgan fingerprint density at radius 1 is 1.47 bits per heavy atom. The minimum Gasteiger partial charge on any atom is -0.391 e. The van der Waals surface area contributed by atoms with Crippen LogP contribution in [0.5, 0.6) is 0 Å². The second kappa shape index (κ2) is 6.17. The second-order valence-corrected chi connectivity index (χ2v) is 3.57. The van der Waals surface area contributed by atoms with Crippen LogP contribution >= 0.6 is 0 Å². The Hall–Kier alpha value is -1.38. The van der Waals surface area contributed by atoms with E-state index in [-0.39, 0.29) is 5.95 Å². The molecule has 0 atom stereocenters. The van der Waals surface area contributed by atoms with E-state index in [1.807, 2.05) is 13.0 Å². The summed E-state index contributed by atoms with van der Waals surface area (Å²) in [5.74, 6) is -0.380. The molecule has 0 unspecified atom stereocenters. The van der Waals surface area contributed by atoms with Crippen LogP contribution in [0, 0.1) is 12.9 Å². The van der Waals surface area contributed by atoms with E-state index >= 15 is 0 Å². The van der Waals surface area contributed by atoms with Crippen LogP contribution in [0.3, 0.4) is 0 Å². The zero-order chi connectivity index (χ0) is 11.1. The lowest BCUT2D eigenvalue weighted by atomic mass is 10.1. The number of aromatic nitrogens is 1. The van der Waals surface area contributed by atoms with Crippen LogP contribution in [0.15, 0.2) is 24.9 Å². The maximum absolute atomic E-state index is 12.9. The molecule has 0 aromatic carbocycles. The van der Waals surface area contributed by atoms with Gasteiger partial charge in [0.15, 0.2) is 0 Å². The van der Waals surface area contributed by atoms with Crippen LogP contribution in [0.25, 0.3) is 0 Å². The Morgan fingerprint density at radius 3 is 2.93 bits per heavy atom. The van der Waals surface area contributed by atoms with Gasteiger partial charge >= 0.3 is 0 Å². The van der Waals surface area contributed by atoms with Gasteiger partial charge in [-0.05, 0) is 50.1 Å². The minimum atomic E-state index is -0.380. The smallest absolute Gasteiger partial charge is 0.213 e. The average molecular weight is 208 g/mol. The van der Waals surface area contributed by atoms with Gasteiger partial charge < -0.3 is 5.32 Å². The Bertz CT molecular complexity index is 303. The first kappa shape index (κ1) is 11.7. The van der Waals surface area contributed by atoms with E-state index in [1.54, 1.807) is 6.20 Å². The van der Waals surface area contributed by atoms with E-state index in [0.29, 0.717) is 0 Å². The highest BCUT2D eigenvalue weighted by molar-refractivity contribution is 5.15. The van der Waals surface area contributed by atoms with Gasteiger partial charge in [-0.1, -0.05) is 6.58 Å². The molecule has 1 rings (SSSR count). The zero-order valence-corrected chi connectivity index (χ0v) is 9.09. The van der Waals surface area contributed by atoms with Crippen LogP contribution in [-0.2, 0) is 6.42 Å². The molecule has 0 aliphatic heterocycles. The summed E-state index contributed by atoms with van der Waals surface area (Å²) in [5, 5.41) is 3.03. The van der Waals surface area contributed by atoms with Gasteiger partial charge in [0.25, 0.3) is 0 Å². The Morgan fingerprint density at radius 2 is 2.27 bits per heavy atom. The van der Waals surface area contributed by atoms with Crippen molar-refractivity contribution in [3.05, 3.63) is 42.1 Å². The van der Waals surface area contributed by atoms with Gasteiger partial charge in [0.05, 0.1) is 0 Å². The van der Waals surface area contributed by atoms with Crippen LogP contribution in [-0.4, -0.2) is 11.5 Å². The largest absolute Gasteiger partial charge is 0.391 e. The summed E-state index contributed by atoms with van der Waals surface area (Å²) >= 11 is 0. The first-order valence-corrected chi connectivity index (χ1v) is 5.19. The maximum atomic E-state index is 12.9. The van der Waals surface area contributed by atoms with Crippen molar-refractivity contribution in [3.8, 4) is 0 Å². The van der Waals surface area contributed by atoms with Gasteiger partial charge in [-0.3, -0.25) is 0 Å². The predicted molar refractivity (Wildman–Crippen MR) is 60.1 cm³/mol. The van der Waals surface area contributed by atoms with Crippen LogP contribution in [0.4, 0.5) is 4.39 Å². The molecule has 0 saturated heterocycles. The highest BCUT2D eigenvalue weighted by Crippen LogP contribution is 2.07. The van der Waals surface area contributed by atoms with Crippen molar-refractivity contribution in [1.82, 2.24) is 10.3 Å². The molecule has 1 heterocycles. The summed E-state index contributed by atoms with van der Waals surface area (Å²) in [7, 11) is 0. The topological polar surface area (TPSA) is 24.9 Å². The maximum Gasteiger partial charge on any atom is 0.213 e. The number of halogens is 1. The van der Waals surface area contributed by atoms with E-state index in [2.05, 4.69) is 16.9 Å². The molecule has 0 aliphatic carbocycles. The molecule has 0 fully saturated rings. The first-order chi connectivity index (χ1) is 7.22. The van der Waals surface area contributed by atoms with Crippen molar-refractivity contribution in [3.63, 3.8) is 0 Å². The van der Waals surface area contributed by atoms with Crippen LogP contribution in [0.2, 0.25) is 0 Å². The SMILES string of the molecule is C=CNCCCCc1cc(C)cc(F)n1. The van der Waals surface area contributed by atoms with E-state index in [9.17, 15) is 4.39 Å². The molecule has 0 radical (unpaired) electrons. The molecule has 1 N–H and O–H groups in total. The number of unbranched alkanes of at least 4 members (excludes halogenated alkanes) is 1. The Labute approximate surface area is 90.2 Å². The molecule has 0 bridgehead atoms. The third-order valence-corrected chi connectivity index (χ3v) is 2.14. The fourth-order valence-electron chi connectivity index (χ4n) is 1.46. The molecule has 1 aromatic rings. The number of hydrogen-bond acceptors (Lipinski definition) is 2. The van der Waals surface area contributed by atoms with Gasteiger partial charge in [0, 0.05) is 12.2 Å². The highest BCUT2D eigenvalue weighted by atomic mass is 19.1. The number of nitrogens with one attached hydrogen (secondary N) is 1. The van der Waals surface area contributed by atoms with Crippen molar-refractivity contribution in [2.75, 3.05) is 6.54 Å². The lowest BCUT2D eigenvalue weighted by Crippen LogP contribution is -2.06. The van der Waals surface area contributed by atoms with Gasteiger partial charge in [-0.2, -0.15) is 4.39 Å². The number of hydrogen-bond donors (Lipinski definition) is 1. The zero-order valence-electron chi connectivity index (χ0n) is 9.09. The van der Waals surface area contributed by atoms with Crippen LogP contribution in [0.1, 0.15) is 24.1 Å². The summed E-state index contributed by atoms with van der Waals surface area (Å²) < 4.78 is 12.9. The molecule has 1 aromatic heterocycles. The normalized spacial score (nSPS) is 10.0. The van der Waals surface area contributed by atoms with Crippen LogP contribution < -0.4 is 5.32 Å². The molecule has 82 valence electrons. The Balaban J connectivity index is 2.33. The molecular weight excluding hydrogens is 191 g/mol. The van der Waals surface area contributed by atoms with E-state index in [4.69, 9.17) is 0 Å². The summed E-state index contributed by atoms with van der Waals surface area (Å²) in [5.41, 5.74) is 1.77. The predicted octanol–water partition coefficient (Wildman–Crippen LogP) is 2.58. The summed E-state index contributed by atoms with van der Waals surface area (Å²) in [6.45, 7) is 6.36. The van der Waals surface area contributed by atoms with Gasteiger partial charge in [-0.25, -0.2) is 4.98 Å². The van der Waals surface area contributed by atoms with E-state index in [1.165, 1.54) is 6.07 Å². The molecule has 0 amide bonds. The quantitative estimate of drug-likeness (QED) is 0.574. The monoisotopic (exact) mass is 208 g/mol. The Kier molecular flexibility index (Phi) is 4.81. The van der Waals surface area contributed by atoms with Gasteiger partial charge in [-0.15, -0.1) is 0 Å². The minimum absolute atomic E-state index is 0.380. The number of rotatable bonds is 6. The molecule has 2 nitrogen and oxygen atoms in total. The van der Waals surface area contributed by atoms with Crippen molar-refractivity contribution in [2.45, 2.75) is 26.2 Å². The van der Waals surface area contributed by atoms with Gasteiger partial charge in [0.2, 0.25) is 5.95 Å². The molecule has 0 saturated carbocycles. The van der Waals surface area contributed by atoms with E-state index in [0.717, 1.165) is 37.1 Å². The van der Waals surface area contributed by atoms with Gasteiger partial charge in [0.1, 0.15) is 0 Å². The fourth-order valence-corrected chi connectivity index (χ4v) is 1.46. The number of pyridine rings is 1. The standard InChI is InChI=1S/C12H17FN2/c1-3-14-7-5-4-6-11-8-10(2)9-12(13)15-11/h3,8-9,14H,1,4-7H2,2H3. The first-order valence-electron chi connectivity index (χ1n) is 5.19. The third kappa shape index (κ3) is 4.58.